The average molecular weight is 402 g/mol. The minimum Gasteiger partial charge on any atom is -0.483 e. The van der Waals surface area contributed by atoms with Gasteiger partial charge in [-0.25, -0.2) is 0 Å². The molecule has 0 aliphatic rings. The molecule has 0 atom stereocenters. The van der Waals surface area contributed by atoms with E-state index in [-0.39, 0.29) is 23.8 Å². The molecular weight excluding hydrogens is 387 g/mol. The molecule has 5 nitrogen and oxygen atoms in total. The maximum Gasteiger partial charge on any atom is 0.260 e. The van der Waals surface area contributed by atoms with E-state index in [4.69, 9.17) is 45.3 Å². The van der Waals surface area contributed by atoms with Crippen LogP contribution in [0.5, 0.6) is 5.75 Å². The number of hydrogen-bond acceptors (Lipinski definition) is 3. The lowest BCUT2D eigenvalue weighted by Crippen LogP contribution is -2.31. The van der Waals surface area contributed by atoms with E-state index >= 15 is 0 Å². The van der Waals surface area contributed by atoms with E-state index in [0.29, 0.717) is 21.6 Å². The number of likely N-dealkylation sites (N-methyl/N-ethyl adjacent to an activating group) is 1. The Morgan fingerprint density at radius 2 is 1.80 bits per heavy atom. The van der Waals surface area contributed by atoms with Crippen LogP contribution in [0.4, 0.5) is 0 Å². The fourth-order valence-corrected chi connectivity index (χ4v) is 2.56. The normalized spacial score (nSPS) is 10.4. The maximum absolute atomic E-state index is 12.2. The van der Waals surface area contributed by atoms with Crippen molar-refractivity contribution in [3.05, 3.63) is 62.6 Å². The number of amides is 2. The summed E-state index contributed by atoms with van der Waals surface area (Å²) in [5.41, 5.74) is 6.23. The van der Waals surface area contributed by atoms with Crippen LogP contribution in [0.3, 0.4) is 0 Å². The van der Waals surface area contributed by atoms with E-state index in [1.165, 1.54) is 17.0 Å². The third-order valence-electron chi connectivity index (χ3n) is 3.39. The van der Waals surface area contributed by atoms with E-state index < -0.39 is 5.91 Å². The number of rotatable bonds is 6. The zero-order valence-corrected chi connectivity index (χ0v) is 15.5. The Hall–Kier alpha value is -1.95. The van der Waals surface area contributed by atoms with E-state index in [1.54, 1.807) is 31.3 Å². The Balaban J connectivity index is 2.00. The lowest BCUT2D eigenvalue weighted by molar-refractivity contribution is -0.132. The first kappa shape index (κ1) is 19.4. The van der Waals surface area contributed by atoms with Crippen molar-refractivity contribution < 1.29 is 14.3 Å². The molecule has 2 aromatic carbocycles. The highest BCUT2D eigenvalue weighted by Gasteiger charge is 2.15. The van der Waals surface area contributed by atoms with Crippen LogP contribution in [-0.2, 0) is 11.3 Å². The van der Waals surface area contributed by atoms with Gasteiger partial charge >= 0.3 is 0 Å². The second-order valence-electron chi connectivity index (χ2n) is 5.29. The number of carbonyl (C=O) groups is 2. The summed E-state index contributed by atoms with van der Waals surface area (Å²) in [6.45, 7) is 0.0854. The number of hydrogen-bond donors (Lipinski definition) is 1. The number of primary amides is 1. The van der Waals surface area contributed by atoms with Gasteiger partial charge in [0.2, 0.25) is 0 Å². The predicted octanol–water partition coefficient (Wildman–Crippen LogP) is 3.78. The molecular formula is C17H15Cl3N2O3. The summed E-state index contributed by atoms with van der Waals surface area (Å²) in [7, 11) is 1.63. The van der Waals surface area contributed by atoms with Gasteiger partial charge in [0.15, 0.2) is 6.61 Å². The van der Waals surface area contributed by atoms with Crippen LogP contribution < -0.4 is 10.5 Å². The van der Waals surface area contributed by atoms with Crippen molar-refractivity contribution in [3.63, 3.8) is 0 Å². The third kappa shape index (κ3) is 5.26. The zero-order chi connectivity index (χ0) is 18.6. The fourth-order valence-electron chi connectivity index (χ4n) is 2.07. The van der Waals surface area contributed by atoms with E-state index in [0.717, 1.165) is 5.56 Å². The van der Waals surface area contributed by atoms with Crippen molar-refractivity contribution in [1.29, 1.82) is 0 Å². The molecule has 0 aliphatic heterocycles. The standard InChI is InChI=1S/C17H15Cl3N2O3/c1-22(8-10-2-4-13(19)14(20)6-10)16(23)9-25-15-5-3-11(18)7-12(15)17(21)24/h2-7H,8-9H2,1H3,(H2,21,24). The molecule has 2 aromatic rings. The van der Waals surface area contributed by atoms with Crippen molar-refractivity contribution in [2.24, 2.45) is 5.73 Å². The lowest BCUT2D eigenvalue weighted by atomic mass is 10.2. The van der Waals surface area contributed by atoms with E-state index in [9.17, 15) is 9.59 Å². The summed E-state index contributed by atoms with van der Waals surface area (Å²) in [4.78, 5) is 25.1. The predicted molar refractivity (Wildman–Crippen MR) is 98.4 cm³/mol. The van der Waals surface area contributed by atoms with E-state index in [2.05, 4.69) is 0 Å². The molecule has 0 bridgehead atoms. The maximum atomic E-state index is 12.2. The van der Waals surface area contributed by atoms with Gasteiger partial charge in [-0.3, -0.25) is 9.59 Å². The van der Waals surface area contributed by atoms with E-state index in [1.807, 2.05) is 0 Å². The highest BCUT2D eigenvalue weighted by Crippen LogP contribution is 2.24. The highest BCUT2D eigenvalue weighted by molar-refractivity contribution is 6.42. The summed E-state index contributed by atoms with van der Waals surface area (Å²) in [5, 5.41) is 1.22. The van der Waals surface area contributed by atoms with Crippen LogP contribution in [0.15, 0.2) is 36.4 Å². The lowest BCUT2D eigenvalue weighted by Gasteiger charge is -2.18. The molecule has 0 aromatic heterocycles. The van der Waals surface area contributed by atoms with Gasteiger partial charge in [-0.2, -0.15) is 0 Å². The van der Waals surface area contributed by atoms with Crippen LogP contribution in [0.2, 0.25) is 15.1 Å². The summed E-state index contributed by atoms with van der Waals surface area (Å²) in [6, 6.07) is 9.58. The second kappa shape index (κ2) is 8.43. The summed E-state index contributed by atoms with van der Waals surface area (Å²) < 4.78 is 5.42. The molecule has 0 saturated carbocycles. The monoisotopic (exact) mass is 400 g/mol. The Bertz CT molecular complexity index is 812. The third-order valence-corrected chi connectivity index (χ3v) is 4.36. The van der Waals surface area contributed by atoms with Crippen LogP contribution >= 0.6 is 34.8 Å². The number of nitrogens with zero attached hydrogens (tertiary/aromatic N) is 1. The molecule has 0 spiro atoms. The summed E-state index contributed by atoms with van der Waals surface area (Å²) >= 11 is 17.7. The molecule has 2 N–H and O–H groups in total. The van der Waals surface area contributed by atoms with Crippen molar-refractivity contribution in [3.8, 4) is 5.75 Å². The van der Waals surface area contributed by atoms with Crippen LogP contribution in [0, 0.1) is 0 Å². The highest BCUT2D eigenvalue weighted by atomic mass is 35.5. The number of carbonyl (C=O) groups excluding carboxylic acids is 2. The van der Waals surface area contributed by atoms with Crippen LogP contribution in [0.1, 0.15) is 15.9 Å². The quantitative estimate of drug-likeness (QED) is 0.800. The largest absolute Gasteiger partial charge is 0.483 e. The molecule has 0 fully saturated rings. The number of ether oxygens (including phenoxy) is 1. The van der Waals surface area contributed by atoms with Gasteiger partial charge < -0.3 is 15.4 Å². The molecule has 132 valence electrons. The molecule has 0 heterocycles. The molecule has 0 radical (unpaired) electrons. The molecule has 2 rings (SSSR count). The van der Waals surface area contributed by atoms with Crippen molar-refractivity contribution in [1.82, 2.24) is 4.90 Å². The molecule has 2 amide bonds. The molecule has 0 aliphatic carbocycles. The Morgan fingerprint density at radius 3 is 2.44 bits per heavy atom. The SMILES string of the molecule is CN(Cc1ccc(Cl)c(Cl)c1)C(=O)COc1ccc(Cl)cc1C(N)=O. The first-order valence-electron chi connectivity index (χ1n) is 7.18. The van der Waals surface area contributed by atoms with Crippen molar-refractivity contribution in [2.75, 3.05) is 13.7 Å². The van der Waals surface area contributed by atoms with Gasteiger partial charge in [0.25, 0.3) is 11.8 Å². The minimum absolute atomic E-state index is 0.118. The summed E-state index contributed by atoms with van der Waals surface area (Å²) in [5.74, 6) is -0.765. The first-order valence-corrected chi connectivity index (χ1v) is 8.31. The topological polar surface area (TPSA) is 72.6 Å². The van der Waals surface area contributed by atoms with Crippen molar-refractivity contribution >= 4 is 46.6 Å². The number of halogens is 3. The second-order valence-corrected chi connectivity index (χ2v) is 6.54. The number of benzene rings is 2. The van der Waals surface area contributed by atoms with Gasteiger partial charge in [0.1, 0.15) is 5.75 Å². The Morgan fingerprint density at radius 1 is 1.08 bits per heavy atom. The summed E-state index contributed by atoms with van der Waals surface area (Å²) in [6.07, 6.45) is 0. The molecule has 0 saturated heterocycles. The van der Waals surface area contributed by atoms with Gasteiger partial charge in [-0.1, -0.05) is 40.9 Å². The number of nitrogens with two attached hydrogens (primary N) is 1. The van der Waals surface area contributed by atoms with Gasteiger partial charge in [0.05, 0.1) is 15.6 Å². The van der Waals surface area contributed by atoms with Crippen LogP contribution in [0.25, 0.3) is 0 Å². The van der Waals surface area contributed by atoms with Crippen molar-refractivity contribution in [2.45, 2.75) is 6.54 Å². The Labute approximate surface area is 160 Å². The van der Waals surface area contributed by atoms with Gasteiger partial charge in [-0.05, 0) is 35.9 Å². The van der Waals surface area contributed by atoms with Gasteiger partial charge in [-0.15, -0.1) is 0 Å². The molecule has 0 unspecified atom stereocenters. The van der Waals surface area contributed by atoms with Gasteiger partial charge in [0, 0.05) is 18.6 Å². The Kier molecular flexibility index (Phi) is 6.53. The first-order chi connectivity index (χ1) is 11.8. The minimum atomic E-state index is -0.686. The van der Waals surface area contributed by atoms with Crippen LogP contribution in [-0.4, -0.2) is 30.4 Å². The molecule has 8 heteroatoms. The average Bonchev–Trinajstić information content (AvgIpc) is 2.56. The zero-order valence-electron chi connectivity index (χ0n) is 13.3. The fraction of sp³-hybridized carbons (Fsp3) is 0.176. The molecule has 25 heavy (non-hydrogen) atoms. The smallest absolute Gasteiger partial charge is 0.260 e.